The van der Waals surface area contributed by atoms with Crippen molar-refractivity contribution >= 4 is 35.1 Å². The zero-order valence-electron chi connectivity index (χ0n) is 13.7. The van der Waals surface area contributed by atoms with Crippen molar-refractivity contribution < 1.29 is 9.59 Å². The van der Waals surface area contributed by atoms with Crippen molar-refractivity contribution in [3.8, 4) is 0 Å². The first kappa shape index (κ1) is 17.0. The van der Waals surface area contributed by atoms with E-state index in [2.05, 4.69) is 20.7 Å². The molecule has 9 heteroatoms. The summed E-state index contributed by atoms with van der Waals surface area (Å²) in [7, 11) is 1.64. The van der Waals surface area contributed by atoms with Gasteiger partial charge >= 0.3 is 0 Å². The molecule has 0 fully saturated rings. The van der Waals surface area contributed by atoms with E-state index in [-0.39, 0.29) is 29.3 Å². The third-order valence-corrected chi connectivity index (χ3v) is 4.15. The van der Waals surface area contributed by atoms with E-state index in [9.17, 15) is 9.59 Å². The number of carbonyl (C=O) groups is 2. The van der Waals surface area contributed by atoms with Crippen molar-refractivity contribution in [3.63, 3.8) is 0 Å². The maximum atomic E-state index is 12.4. The average molecular weight is 361 g/mol. The molecule has 0 aliphatic carbocycles. The van der Waals surface area contributed by atoms with Crippen LogP contribution in [0.3, 0.4) is 0 Å². The smallest absolute Gasteiger partial charge is 0.273 e. The molecule has 0 saturated heterocycles. The highest BCUT2D eigenvalue weighted by Crippen LogP contribution is 2.32. The molecule has 2 heterocycles. The number of aryl methyl sites for hydroxylation is 1. The standard InChI is InChI=1S/C16H17ClN6O2/c1-16(8-13(24)20-15(18)21-16)9-4-3-5-10(6-9)19-14(25)11-7-12(17)22-23(11)2/h3-7H,8H2,1-2H3,(H,19,25)(H3,18,20,21,24). The zero-order chi connectivity index (χ0) is 18.2. The van der Waals surface area contributed by atoms with Crippen LogP contribution in [-0.2, 0) is 17.4 Å². The Balaban J connectivity index is 1.87. The van der Waals surface area contributed by atoms with Crippen LogP contribution in [0.5, 0.6) is 0 Å². The molecule has 1 aliphatic rings. The molecule has 2 aromatic rings. The normalized spacial score (nSPS) is 20.0. The van der Waals surface area contributed by atoms with Gasteiger partial charge in [-0.3, -0.25) is 19.6 Å². The van der Waals surface area contributed by atoms with Gasteiger partial charge in [-0.1, -0.05) is 23.7 Å². The zero-order valence-corrected chi connectivity index (χ0v) is 14.5. The highest BCUT2D eigenvalue weighted by molar-refractivity contribution is 6.29. The Labute approximate surface area is 149 Å². The number of amides is 2. The lowest BCUT2D eigenvalue weighted by Crippen LogP contribution is -2.46. The molecule has 25 heavy (non-hydrogen) atoms. The number of nitrogens with one attached hydrogen (secondary N) is 2. The number of nitrogens with two attached hydrogens (primary N) is 1. The second-order valence-corrected chi connectivity index (χ2v) is 6.39. The summed E-state index contributed by atoms with van der Waals surface area (Å²) in [6.45, 7) is 1.82. The SMILES string of the molecule is Cn1nc(Cl)cc1C(=O)Nc1cccc(C2(C)CC(=O)NC(N)=N2)c1. The minimum Gasteiger partial charge on any atom is -0.370 e. The number of guanidine groups is 1. The average Bonchev–Trinajstić information content (AvgIpc) is 2.85. The number of hydrogen-bond donors (Lipinski definition) is 3. The summed E-state index contributed by atoms with van der Waals surface area (Å²) in [5.74, 6) is -0.458. The van der Waals surface area contributed by atoms with Gasteiger partial charge in [0.1, 0.15) is 5.69 Å². The fourth-order valence-electron chi connectivity index (χ4n) is 2.77. The van der Waals surface area contributed by atoms with Crippen molar-refractivity contribution in [2.24, 2.45) is 17.8 Å². The van der Waals surface area contributed by atoms with E-state index < -0.39 is 5.54 Å². The van der Waals surface area contributed by atoms with Crippen LogP contribution in [0.4, 0.5) is 5.69 Å². The van der Waals surface area contributed by atoms with E-state index >= 15 is 0 Å². The summed E-state index contributed by atoms with van der Waals surface area (Å²) in [5, 5.41) is 9.45. The molecular weight excluding hydrogens is 344 g/mol. The van der Waals surface area contributed by atoms with E-state index in [1.165, 1.54) is 10.7 Å². The Morgan fingerprint density at radius 3 is 2.84 bits per heavy atom. The Morgan fingerprint density at radius 1 is 1.44 bits per heavy atom. The van der Waals surface area contributed by atoms with Crippen molar-refractivity contribution in [3.05, 3.63) is 46.7 Å². The lowest BCUT2D eigenvalue weighted by molar-refractivity contribution is -0.121. The topological polar surface area (TPSA) is 114 Å². The van der Waals surface area contributed by atoms with Crippen molar-refractivity contribution in [1.82, 2.24) is 15.1 Å². The molecule has 1 atom stereocenters. The molecule has 0 radical (unpaired) electrons. The number of rotatable bonds is 3. The number of benzene rings is 1. The maximum Gasteiger partial charge on any atom is 0.273 e. The molecule has 1 aliphatic heterocycles. The number of anilines is 1. The highest BCUT2D eigenvalue weighted by Gasteiger charge is 2.33. The third kappa shape index (κ3) is 3.48. The minimum absolute atomic E-state index is 0.0812. The number of aliphatic imine (C=N–C) groups is 1. The van der Waals surface area contributed by atoms with E-state index in [0.29, 0.717) is 11.4 Å². The second-order valence-electron chi connectivity index (χ2n) is 6.01. The van der Waals surface area contributed by atoms with Gasteiger partial charge in [-0.05, 0) is 24.6 Å². The first-order chi connectivity index (χ1) is 11.8. The van der Waals surface area contributed by atoms with E-state index in [1.54, 1.807) is 25.2 Å². The van der Waals surface area contributed by atoms with Crippen LogP contribution in [-0.4, -0.2) is 27.6 Å². The number of hydrogen-bond acceptors (Lipinski definition) is 5. The second kappa shape index (κ2) is 6.21. The number of halogens is 1. The fourth-order valence-corrected chi connectivity index (χ4v) is 2.99. The van der Waals surface area contributed by atoms with Crippen LogP contribution in [0.2, 0.25) is 5.15 Å². The van der Waals surface area contributed by atoms with Crippen LogP contribution < -0.4 is 16.4 Å². The summed E-state index contributed by atoms with van der Waals surface area (Å²) in [6, 6.07) is 8.62. The molecule has 0 bridgehead atoms. The Kier molecular flexibility index (Phi) is 4.22. The van der Waals surface area contributed by atoms with Gasteiger partial charge < -0.3 is 11.1 Å². The van der Waals surface area contributed by atoms with Gasteiger partial charge in [0, 0.05) is 18.8 Å². The number of carbonyl (C=O) groups excluding carboxylic acids is 2. The van der Waals surface area contributed by atoms with Gasteiger partial charge in [0.15, 0.2) is 11.1 Å². The molecule has 3 rings (SSSR count). The van der Waals surface area contributed by atoms with Gasteiger partial charge in [0.25, 0.3) is 5.91 Å². The molecule has 1 unspecified atom stereocenters. The van der Waals surface area contributed by atoms with Crippen LogP contribution in [0, 0.1) is 0 Å². The molecule has 0 saturated carbocycles. The van der Waals surface area contributed by atoms with Crippen LogP contribution >= 0.6 is 11.6 Å². The third-order valence-electron chi connectivity index (χ3n) is 3.96. The van der Waals surface area contributed by atoms with Crippen LogP contribution in [0.1, 0.15) is 29.4 Å². The van der Waals surface area contributed by atoms with Crippen molar-refractivity contribution in [1.29, 1.82) is 0 Å². The maximum absolute atomic E-state index is 12.4. The Hall–Kier alpha value is -2.87. The summed E-state index contributed by atoms with van der Waals surface area (Å²) in [6.07, 6.45) is 0.169. The van der Waals surface area contributed by atoms with Gasteiger partial charge in [0.05, 0.1) is 12.0 Å². The quantitative estimate of drug-likeness (QED) is 0.766. The lowest BCUT2D eigenvalue weighted by Gasteiger charge is -2.29. The van der Waals surface area contributed by atoms with Gasteiger partial charge in [-0.25, -0.2) is 4.99 Å². The predicted octanol–water partition coefficient (Wildman–Crippen LogP) is 1.38. The molecular formula is C16H17ClN6O2. The largest absolute Gasteiger partial charge is 0.370 e. The van der Waals surface area contributed by atoms with Crippen molar-refractivity contribution in [2.45, 2.75) is 18.9 Å². The van der Waals surface area contributed by atoms with E-state index in [1.807, 2.05) is 13.0 Å². The summed E-state index contributed by atoms with van der Waals surface area (Å²) in [4.78, 5) is 28.5. The number of nitrogens with zero attached hydrogens (tertiary/aromatic N) is 3. The molecule has 0 spiro atoms. The first-order valence-electron chi connectivity index (χ1n) is 7.53. The Morgan fingerprint density at radius 2 is 2.20 bits per heavy atom. The molecule has 1 aromatic carbocycles. The van der Waals surface area contributed by atoms with Crippen LogP contribution in [0.25, 0.3) is 0 Å². The summed E-state index contributed by atoms with van der Waals surface area (Å²) in [5.41, 5.74) is 6.56. The highest BCUT2D eigenvalue weighted by atomic mass is 35.5. The molecule has 130 valence electrons. The Bertz CT molecular complexity index is 891. The summed E-state index contributed by atoms with van der Waals surface area (Å²) < 4.78 is 1.40. The first-order valence-corrected chi connectivity index (χ1v) is 7.91. The van der Waals surface area contributed by atoms with Gasteiger partial charge in [-0.15, -0.1) is 0 Å². The fraction of sp³-hybridized carbons (Fsp3) is 0.250. The minimum atomic E-state index is -0.789. The van der Waals surface area contributed by atoms with Crippen molar-refractivity contribution in [2.75, 3.05) is 5.32 Å². The summed E-state index contributed by atoms with van der Waals surface area (Å²) >= 11 is 5.81. The van der Waals surface area contributed by atoms with Gasteiger partial charge in [-0.2, -0.15) is 5.10 Å². The van der Waals surface area contributed by atoms with Crippen LogP contribution in [0.15, 0.2) is 35.3 Å². The monoisotopic (exact) mass is 360 g/mol. The molecule has 4 N–H and O–H groups in total. The molecule has 2 amide bonds. The van der Waals surface area contributed by atoms with E-state index in [0.717, 1.165) is 5.56 Å². The van der Waals surface area contributed by atoms with E-state index in [4.69, 9.17) is 17.3 Å². The van der Waals surface area contributed by atoms with Gasteiger partial charge in [0.2, 0.25) is 5.91 Å². The predicted molar refractivity (Wildman–Crippen MR) is 94.3 cm³/mol. The molecule has 1 aromatic heterocycles. The molecule has 8 nitrogen and oxygen atoms in total. The lowest BCUT2D eigenvalue weighted by atomic mass is 9.87. The number of aromatic nitrogens is 2.